The lowest BCUT2D eigenvalue weighted by Gasteiger charge is -2.16. The lowest BCUT2D eigenvalue weighted by Crippen LogP contribution is -2.30. The Hall–Kier alpha value is -2.11. The van der Waals surface area contributed by atoms with Crippen LogP contribution >= 0.6 is 0 Å². The molecular formula is C14H17N5O. The number of nitrogens with zero attached hydrogens (tertiary/aromatic N) is 4. The fourth-order valence-corrected chi connectivity index (χ4v) is 2.92. The molecule has 20 heavy (non-hydrogen) atoms. The maximum absolute atomic E-state index is 12.0. The second-order valence-electron chi connectivity index (χ2n) is 5.71. The molecular weight excluding hydrogens is 254 g/mol. The van der Waals surface area contributed by atoms with Crippen molar-refractivity contribution >= 4 is 17.2 Å². The first-order chi connectivity index (χ1) is 9.70. The van der Waals surface area contributed by atoms with Crippen LogP contribution in [0, 0.1) is 6.92 Å². The van der Waals surface area contributed by atoms with Gasteiger partial charge in [0.1, 0.15) is 5.52 Å². The third kappa shape index (κ3) is 1.92. The van der Waals surface area contributed by atoms with E-state index in [0.29, 0.717) is 12.5 Å². The van der Waals surface area contributed by atoms with Crippen LogP contribution in [0.15, 0.2) is 18.5 Å². The van der Waals surface area contributed by atoms with Crippen molar-refractivity contribution in [3.05, 3.63) is 24.2 Å². The molecule has 1 amide bonds. The molecule has 6 heteroatoms. The fourth-order valence-electron chi connectivity index (χ4n) is 2.92. The van der Waals surface area contributed by atoms with Gasteiger partial charge < -0.3 is 10.2 Å². The lowest BCUT2D eigenvalue weighted by atomic mass is 10.2. The topological polar surface area (TPSA) is 62.5 Å². The smallest absolute Gasteiger partial charge is 0.225 e. The van der Waals surface area contributed by atoms with Crippen LogP contribution in [0.4, 0.5) is 5.82 Å². The van der Waals surface area contributed by atoms with Gasteiger partial charge in [0, 0.05) is 31.4 Å². The van der Waals surface area contributed by atoms with Crippen molar-refractivity contribution in [3.8, 4) is 0 Å². The van der Waals surface area contributed by atoms with Crippen LogP contribution in [-0.4, -0.2) is 44.0 Å². The van der Waals surface area contributed by atoms with Gasteiger partial charge in [0.25, 0.3) is 0 Å². The van der Waals surface area contributed by atoms with Crippen LogP contribution in [0.25, 0.3) is 5.52 Å². The van der Waals surface area contributed by atoms with E-state index in [4.69, 9.17) is 0 Å². The molecule has 0 spiro atoms. The Morgan fingerprint density at radius 2 is 2.25 bits per heavy atom. The van der Waals surface area contributed by atoms with Crippen LogP contribution in [0.5, 0.6) is 0 Å². The Labute approximate surface area is 116 Å². The van der Waals surface area contributed by atoms with Crippen LogP contribution in [0.2, 0.25) is 0 Å². The summed E-state index contributed by atoms with van der Waals surface area (Å²) in [6, 6.07) is 2.65. The molecule has 1 aliphatic carbocycles. The van der Waals surface area contributed by atoms with Gasteiger partial charge in [-0.15, -0.1) is 0 Å². The molecule has 0 aromatic carbocycles. The minimum absolute atomic E-state index is 0.150. The zero-order valence-electron chi connectivity index (χ0n) is 11.4. The summed E-state index contributed by atoms with van der Waals surface area (Å²) in [5.41, 5.74) is 1.92. The predicted octanol–water partition coefficient (Wildman–Crippen LogP) is 1.21. The second-order valence-corrected chi connectivity index (χ2v) is 5.71. The number of carbonyl (C=O) groups is 1. The summed E-state index contributed by atoms with van der Waals surface area (Å²) in [4.78, 5) is 18.4. The van der Waals surface area contributed by atoms with Crippen molar-refractivity contribution in [2.75, 3.05) is 11.9 Å². The lowest BCUT2D eigenvalue weighted by molar-refractivity contribution is -0.128. The van der Waals surface area contributed by atoms with Gasteiger partial charge in [-0.25, -0.2) is 9.50 Å². The third-order valence-electron chi connectivity index (χ3n) is 4.00. The van der Waals surface area contributed by atoms with Crippen LogP contribution < -0.4 is 5.32 Å². The van der Waals surface area contributed by atoms with Gasteiger partial charge in [0.2, 0.25) is 5.91 Å². The molecule has 2 aromatic rings. The minimum atomic E-state index is 0.150. The van der Waals surface area contributed by atoms with E-state index >= 15 is 0 Å². The first-order valence-corrected chi connectivity index (χ1v) is 7.08. The van der Waals surface area contributed by atoms with E-state index in [1.165, 1.54) is 0 Å². The summed E-state index contributed by atoms with van der Waals surface area (Å²) in [7, 11) is 0. The minimum Gasteiger partial charge on any atom is -0.363 e. The summed E-state index contributed by atoms with van der Waals surface area (Å²) < 4.78 is 1.82. The van der Waals surface area contributed by atoms with Gasteiger partial charge in [-0.2, -0.15) is 5.10 Å². The number of fused-ring (bicyclic) bond motifs is 1. The maximum Gasteiger partial charge on any atom is 0.225 e. The molecule has 3 heterocycles. The van der Waals surface area contributed by atoms with Gasteiger partial charge in [-0.3, -0.25) is 4.79 Å². The second kappa shape index (κ2) is 4.19. The number of likely N-dealkylation sites (tertiary alicyclic amines) is 1. The third-order valence-corrected chi connectivity index (χ3v) is 4.00. The van der Waals surface area contributed by atoms with E-state index in [9.17, 15) is 4.79 Å². The predicted molar refractivity (Wildman–Crippen MR) is 74.5 cm³/mol. The molecule has 1 N–H and O–H groups in total. The summed E-state index contributed by atoms with van der Waals surface area (Å²) in [6.45, 7) is 2.75. The van der Waals surface area contributed by atoms with E-state index in [1.54, 1.807) is 6.20 Å². The highest BCUT2D eigenvalue weighted by atomic mass is 16.2. The van der Waals surface area contributed by atoms with Gasteiger partial charge in [-0.05, 0) is 25.8 Å². The van der Waals surface area contributed by atoms with Crippen LogP contribution in [0.1, 0.15) is 25.0 Å². The highest BCUT2D eigenvalue weighted by Gasteiger charge is 2.39. The summed E-state index contributed by atoms with van der Waals surface area (Å²) >= 11 is 0. The van der Waals surface area contributed by atoms with E-state index in [2.05, 4.69) is 15.4 Å². The number of rotatable bonds is 3. The molecule has 0 bridgehead atoms. The molecule has 1 atom stereocenters. The van der Waals surface area contributed by atoms with E-state index in [0.717, 1.165) is 36.4 Å². The van der Waals surface area contributed by atoms with Crippen molar-refractivity contribution in [2.24, 2.45) is 0 Å². The van der Waals surface area contributed by atoms with Gasteiger partial charge in [0.05, 0.1) is 11.7 Å². The molecule has 1 saturated carbocycles. The molecule has 104 valence electrons. The van der Waals surface area contributed by atoms with Crippen molar-refractivity contribution in [1.82, 2.24) is 19.5 Å². The number of hydrogen-bond acceptors (Lipinski definition) is 4. The average Bonchev–Trinajstić information content (AvgIpc) is 3.08. The number of anilines is 1. The first kappa shape index (κ1) is 11.7. The molecule has 1 saturated heterocycles. The zero-order valence-corrected chi connectivity index (χ0v) is 11.4. The zero-order chi connectivity index (χ0) is 13.7. The van der Waals surface area contributed by atoms with E-state index in [1.807, 2.05) is 28.6 Å². The average molecular weight is 271 g/mol. The number of hydrogen-bond donors (Lipinski definition) is 1. The highest BCUT2D eigenvalue weighted by molar-refractivity contribution is 5.81. The SMILES string of the molecule is Cc1cc2c(NC3CC(=O)N(C4CC4)C3)nccn2n1. The Morgan fingerprint density at radius 1 is 1.40 bits per heavy atom. The number of aromatic nitrogens is 3. The molecule has 6 nitrogen and oxygen atoms in total. The largest absolute Gasteiger partial charge is 0.363 e. The normalized spacial score (nSPS) is 22.8. The molecule has 1 unspecified atom stereocenters. The maximum atomic E-state index is 12.0. The van der Waals surface area contributed by atoms with Crippen LogP contribution in [0.3, 0.4) is 0 Å². The van der Waals surface area contributed by atoms with Crippen LogP contribution in [-0.2, 0) is 4.79 Å². The Kier molecular flexibility index (Phi) is 2.45. The number of amides is 1. The highest BCUT2D eigenvalue weighted by Crippen LogP contribution is 2.31. The number of nitrogens with one attached hydrogen (secondary N) is 1. The van der Waals surface area contributed by atoms with Gasteiger partial charge >= 0.3 is 0 Å². The Balaban J connectivity index is 1.57. The van der Waals surface area contributed by atoms with Gasteiger partial charge in [-0.1, -0.05) is 0 Å². The summed E-state index contributed by atoms with van der Waals surface area (Å²) in [6.07, 6.45) is 6.45. The number of carbonyl (C=O) groups excluding carboxylic acids is 1. The monoisotopic (exact) mass is 271 g/mol. The van der Waals surface area contributed by atoms with Gasteiger partial charge in [0.15, 0.2) is 5.82 Å². The molecule has 2 aromatic heterocycles. The molecule has 1 aliphatic heterocycles. The van der Waals surface area contributed by atoms with Crippen molar-refractivity contribution in [2.45, 2.75) is 38.3 Å². The molecule has 2 aliphatic rings. The van der Waals surface area contributed by atoms with Crippen molar-refractivity contribution < 1.29 is 4.79 Å². The summed E-state index contributed by atoms with van der Waals surface area (Å²) in [5.74, 6) is 1.07. The Morgan fingerprint density at radius 3 is 3.05 bits per heavy atom. The van der Waals surface area contributed by atoms with Crippen molar-refractivity contribution in [3.63, 3.8) is 0 Å². The number of aryl methyl sites for hydroxylation is 1. The van der Waals surface area contributed by atoms with E-state index in [-0.39, 0.29) is 11.9 Å². The quantitative estimate of drug-likeness (QED) is 0.911. The first-order valence-electron chi connectivity index (χ1n) is 7.08. The summed E-state index contributed by atoms with van der Waals surface area (Å²) in [5, 5.41) is 7.78. The van der Waals surface area contributed by atoms with E-state index < -0.39 is 0 Å². The fraction of sp³-hybridized carbons (Fsp3) is 0.500. The molecule has 0 radical (unpaired) electrons. The molecule has 2 fully saturated rings. The Bertz CT molecular complexity index is 675. The standard InChI is InChI=1S/C14H17N5O/c1-9-6-12-14(15-4-5-19(12)17-9)16-10-7-13(20)18(8-10)11-2-3-11/h4-6,10-11H,2-3,7-8H2,1H3,(H,15,16). The molecule has 4 rings (SSSR count). The van der Waals surface area contributed by atoms with Crippen molar-refractivity contribution in [1.29, 1.82) is 0 Å².